The molecule has 0 saturated carbocycles. The Balaban J connectivity index is 1.68. The lowest BCUT2D eigenvalue weighted by Crippen LogP contribution is -2.15. The Bertz CT molecular complexity index is 862. The number of nitriles is 1. The first-order valence-electron chi connectivity index (χ1n) is 9.45. The topological polar surface area (TPSA) is 83.6 Å². The van der Waals surface area contributed by atoms with Crippen LogP contribution in [0.1, 0.15) is 67.8 Å². The van der Waals surface area contributed by atoms with Gasteiger partial charge in [-0.25, -0.2) is 0 Å². The number of nitrogens with one attached hydrogen (secondary N) is 1. The predicted molar refractivity (Wildman–Crippen MR) is 109 cm³/mol. The van der Waals surface area contributed by atoms with Crippen LogP contribution in [0.5, 0.6) is 0 Å². The van der Waals surface area contributed by atoms with Crippen LogP contribution in [0.15, 0.2) is 5.16 Å². The molecule has 0 aromatic carbocycles. The molecule has 1 aliphatic rings. The molecule has 0 unspecified atom stereocenters. The van der Waals surface area contributed by atoms with Crippen LogP contribution in [0, 0.1) is 11.3 Å². The van der Waals surface area contributed by atoms with Crippen LogP contribution in [0.4, 0.5) is 5.00 Å². The first-order valence-corrected chi connectivity index (χ1v) is 11.3. The molecule has 1 N–H and O–H groups in total. The van der Waals surface area contributed by atoms with Crippen molar-refractivity contribution >= 4 is 34.0 Å². The molecule has 1 amide bonds. The van der Waals surface area contributed by atoms with Crippen LogP contribution in [0.3, 0.4) is 0 Å². The van der Waals surface area contributed by atoms with Crippen LogP contribution < -0.4 is 5.32 Å². The summed E-state index contributed by atoms with van der Waals surface area (Å²) >= 11 is 2.96. The summed E-state index contributed by atoms with van der Waals surface area (Å²) in [6.07, 6.45) is 5.44. The molecule has 0 radical (unpaired) electrons. The Hall–Kier alpha value is -1.85. The number of thiophene rings is 1. The SMILES string of the molecule is CCn1c(SCC(=O)Nc2sc3c(c2C#N)CCCCC3)nnc1C(C)C. The van der Waals surface area contributed by atoms with E-state index < -0.39 is 0 Å². The number of aromatic nitrogens is 3. The Morgan fingerprint density at radius 3 is 2.81 bits per heavy atom. The van der Waals surface area contributed by atoms with E-state index in [0.29, 0.717) is 16.5 Å². The van der Waals surface area contributed by atoms with E-state index in [1.807, 2.05) is 0 Å². The smallest absolute Gasteiger partial charge is 0.235 e. The lowest BCUT2D eigenvalue weighted by atomic mass is 10.1. The van der Waals surface area contributed by atoms with Crippen LogP contribution in [0.25, 0.3) is 0 Å². The summed E-state index contributed by atoms with van der Waals surface area (Å²) in [5, 5.41) is 22.5. The Labute approximate surface area is 168 Å². The van der Waals surface area contributed by atoms with Gasteiger partial charge in [0.2, 0.25) is 5.91 Å². The lowest BCUT2D eigenvalue weighted by Gasteiger charge is -2.09. The van der Waals surface area contributed by atoms with Crippen molar-refractivity contribution in [3.8, 4) is 6.07 Å². The third kappa shape index (κ3) is 4.36. The molecule has 144 valence electrons. The molecule has 8 heteroatoms. The van der Waals surface area contributed by atoms with E-state index >= 15 is 0 Å². The fourth-order valence-electron chi connectivity index (χ4n) is 3.37. The summed E-state index contributed by atoms with van der Waals surface area (Å²) in [6.45, 7) is 7.00. The molecule has 0 atom stereocenters. The van der Waals surface area contributed by atoms with Gasteiger partial charge in [-0.15, -0.1) is 21.5 Å². The normalized spacial score (nSPS) is 13.9. The fraction of sp³-hybridized carbons (Fsp3) is 0.579. The summed E-state index contributed by atoms with van der Waals surface area (Å²) < 4.78 is 2.05. The van der Waals surface area contributed by atoms with Gasteiger partial charge >= 0.3 is 0 Å². The van der Waals surface area contributed by atoms with Gasteiger partial charge in [0.15, 0.2) is 5.16 Å². The number of amides is 1. The molecule has 3 rings (SSSR count). The first kappa shape index (κ1) is 19.9. The maximum atomic E-state index is 12.5. The second kappa shape index (κ2) is 8.89. The largest absolute Gasteiger partial charge is 0.316 e. The molecule has 0 bridgehead atoms. The van der Waals surface area contributed by atoms with Gasteiger partial charge in [0, 0.05) is 17.3 Å². The predicted octanol–water partition coefficient (Wildman–Crippen LogP) is 4.35. The highest BCUT2D eigenvalue weighted by Crippen LogP contribution is 2.37. The van der Waals surface area contributed by atoms with E-state index in [-0.39, 0.29) is 11.7 Å². The van der Waals surface area contributed by atoms with E-state index in [4.69, 9.17) is 0 Å². The van der Waals surface area contributed by atoms with Gasteiger partial charge in [0.05, 0.1) is 11.3 Å². The van der Waals surface area contributed by atoms with E-state index in [0.717, 1.165) is 48.8 Å². The Morgan fingerprint density at radius 1 is 1.33 bits per heavy atom. The number of carbonyl (C=O) groups excluding carboxylic acids is 1. The molecule has 0 aliphatic heterocycles. The summed E-state index contributed by atoms with van der Waals surface area (Å²) in [5.41, 5.74) is 1.81. The van der Waals surface area contributed by atoms with Crippen molar-refractivity contribution in [3.05, 3.63) is 21.8 Å². The molecule has 2 aromatic heterocycles. The number of carbonyl (C=O) groups is 1. The number of nitrogens with zero attached hydrogens (tertiary/aromatic N) is 4. The molecule has 27 heavy (non-hydrogen) atoms. The summed E-state index contributed by atoms with van der Waals surface area (Å²) in [4.78, 5) is 13.7. The van der Waals surface area contributed by atoms with E-state index in [1.165, 1.54) is 23.1 Å². The third-order valence-electron chi connectivity index (χ3n) is 4.70. The third-order valence-corrected chi connectivity index (χ3v) is 6.87. The maximum absolute atomic E-state index is 12.5. The number of hydrogen-bond acceptors (Lipinski definition) is 6. The number of hydrogen-bond donors (Lipinski definition) is 1. The minimum absolute atomic E-state index is 0.107. The highest BCUT2D eigenvalue weighted by Gasteiger charge is 2.21. The molecule has 1 aliphatic carbocycles. The van der Waals surface area contributed by atoms with E-state index in [2.05, 4.69) is 46.9 Å². The van der Waals surface area contributed by atoms with Crippen molar-refractivity contribution in [2.24, 2.45) is 0 Å². The van der Waals surface area contributed by atoms with Crippen molar-refractivity contribution in [1.29, 1.82) is 5.26 Å². The number of aryl methyl sites for hydroxylation is 1. The zero-order chi connectivity index (χ0) is 19.4. The highest BCUT2D eigenvalue weighted by atomic mass is 32.2. The minimum atomic E-state index is -0.107. The molecule has 0 spiro atoms. The van der Waals surface area contributed by atoms with Crippen LogP contribution in [-0.4, -0.2) is 26.4 Å². The summed E-state index contributed by atoms with van der Waals surface area (Å²) in [7, 11) is 0. The number of rotatable bonds is 6. The quantitative estimate of drug-likeness (QED) is 0.572. The van der Waals surface area contributed by atoms with Crippen LogP contribution in [-0.2, 0) is 24.2 Å². The summed E-state index contributed by atoms with van der Waals surface area (Å²) in [6, 6.07) is 2.31. The molecular weight excluding hydrogens is 378 g/mol. The molecule has 0 saturated heterocycles. The zero-order valence-corrected chi connectivity index (χ0v) is 17.7. The van der Waals surface area contributed by atoms with Gasteiger partial charge in [-0.3, -0.25) is 4.79 Å². The maximum Gasteiger partial charge on any atom is 0.235 e. The summed E-state index contributed by atoms with van der Waals surface area (Å²) in [5.74, 6) is 1.38. The Morgan fingerprint density at radius 2 is 2.11 bits per heavy atom. The van der Waals surface area contributed by atoms with Crippen molar-refractivity contribution in [2.45, 2.75) is 70.5 Å². The van der Waals surface area contributed by atoms with E-state index in [9.17, 15) is 10.1 Å². The standard InChI is InChI=1S/C19H25N5OS2/c1-4-24-17(12(2)3)22-23-19(24)26-11-16(25)21-18-14(10-20)13-8-6-5-7-9-15(13)27-18/h12H,4-9,11H2,1-3H3,(H,21,25). The van der Waals surface area contributed by atoms with Gasteiger partial charge < -0.3 is 9.88 Å². The molecule has 0 fully saturated rings. The Kier molecular flexibility index (Phi) is 6.55. The lowest BCUT2D eigenvalue weighted by molar-refractivity contribution is -0.113. The van der Waals surface area contributed by atoms with Crippen molar-refractivity contribution < 1.29 is 4.79 Å². The number of thioether (sulfide) groups is 1. The van der Waals surface area contributed by atoms with Gasteiger partial charge in [-0.1, -0.05) is 32.0 Å². The van der Waals surface area contributed by atoms with Gasteiger partial charge in [-0.05, 0) is 38.2 Å². The highest BCUT2D eigenvalue weighted by molar-refractivity contribution is 7.99. The van der Waals surface area contributed by atoms with Gasteiger partial charge in [0.1, 0.15) is 16.9 Å². The average molecular weight is 404 g/mol. The molecule has 6 nitrogen and oxygen atoms in total. The van der Waals surface area contributed by atoms with Gasteiger partial charge in [-0.2, -0.15) is 5.26 Å². The second-order valence-corrected chi connectivity index (χ2v) is 9.00. The molecule has 2 heterocycles. The first-order chi connectivity index (χ1) is 13.0. The second-order valence-electron chi connectivity index (χ2n) is 6.96. The number of anilines is 1. The zero-order valence-electron chi connectivity index (χ0n) is 16.0. The number of fused-ring (bicyclic) bond motifs is 1. The van der Waals surface area contributed by atoms with Crippen molar-refractivity contribution in [1.82, 2.24) is 14.8 Å². The van der Waals surface area contributed by atoms with Crippen molar-refractivity contribution in [2.75, 3.05) is 11.1 Å². The van der Waals surface area contributed by atoms with Gasteiger partial charge in [0.25, 0.3) is 0 Å². The van der Waals surface area contributed by atoms with E-state index in [1.54, 1.807) is 11.3 Å². The monoisotopic (exact) mass is 403 g/mol. The minimum Gasteiger partial charge on any atom is -0.316 e. The van der Waals surface area contributed by atoms with Crippen LogP contribution in [0.2, 0.25) is 0 Å². The van der Waals surface area contributed by atoms with Crippen LogP contribution >= 0.6 is 23.1 Å². The fourth-order valence-corrected chi connectivity index (χ4v) is 5.44. The molecular formula is C19H25N5OS2. The molecule has 2 aromatic rings. The average Bonchev–Trinajstić information content (AvgIpc) is 3.12. The van der Waals surface area contributed by atoms with Crippen molar-refractivity contribution in [3.63, 3.8) is 0 Å².